The summed E-state index contributed by atoms with van der Waals surface area (Å²) in [5.41, 5.74) is 1.45. The number of aliphatic imine (C=N–C) groups is 1. The van der Waals surface area contributed by atoms with Crippen molar-refractivity contribution in [2.75, 3.05) is 13.6 Å². The van der Waals surface area contributed by atoms with E-state index < -0.39 is 0 Å². The van der Waals surface area contributed by atoms with Crippen molar-refractivity contribution in [2.45, 2.75) is 6.92 Å². The van der Waals surface area contributed by atoms with E-state index in [9.17, 15) is 0 Å². The number of ether oxygens (including phenoxy) is 6. The molecule has 0 aromatic heterocycles. The lowest BCUT2D eigenvalue weighted by Gasteiger charge is -2.11. The monoisotopic (exact) mass is 417 g/mol. The molecular formula is C24H19NO6. The predicted molar refractivity (Wildman–Crippen MR) is 114 cm³/mol. The number of fused-ring (bicyclic) bond motifs is 2. The summed E-state index contributed by atoms with van der Waals surface area (Å²) in [5.74, 6) is 4.26. The molecule has 5 rings (SSSR count). The van der Waals surface area contributed by atoms with Crippen LogP contribution in [0.2, 0.25) is 0 Å². The third-order valence-corrected chi connectivity index (χ3v) is 4.60. The molecule has 3 aromatic carbocycles. The molecule has 0 bridgehead atoms. The van der Waals surface area contributed by atoms with Crippen molar-refractivity contribution < 1.29 is 28.4 Å². The second-order valence-corrected chi connectivity index (χ2v) is 6.80. The Morgan fingerprint density at radius 2 is 1.39 bits per heavy atom. The molecular weight excluding hydrogens is 398 g/mol. The fourth-order valence-electron chi connectivity index (χ4n) is 3.02. The fourth-order valence-corrected chi connectivity index (χ4v) is 3.02. The number of hydrogen-bond acceptors (Lipinski definition) is 7. The normalized spacial score (nSPS) is 14.5. The van der Waals surface area contributed by atoms with E-state index in [0.29, 0.717) is 46.0 Å². The third-order valence-electron chi connectivity index (χ3n) is 4.60. The van der Waals surface area contributed by atoms with E-state index in [0.717, 1.165) is 5.69 Å². The van der Waals surface area contributed by atoms with Gasteiger partial charge in [0, 0.05) is 17.7 Å². The van der Waals surface area contributed by atoms with Crippen LogP contribution in [-0.2, 0) is 0 Å². The fraction of sp³-hybridized carbons (Fsp3) is 0.125. The molecule has 31 heavy (non-hydrogen) atoms. The van der Waals surface area contributed by atoms with E-state index in [1.54, 1.807) is 30.5 Å². The zero-order valence-electron chi connectivity index (χ0n) is 16.7. The van der Waals surface area contributed by atoms with Crippen LogP contribution < -0.4 is 28.4 Å². The van der Waals surface area contributed by atoms with Crippen LogP contribution in [0.4, 0.5) is 5.69 Å². The van der Waals surface area contributed by atoms with Crippen LogP contribution >= 0.6 is 0 Å². The molecule has 0 N–H and O–H groups in total. The number of hydrogen-bond donors (Lipinski definition) is 0. The Bertz CT molecular complexity index is 1160. The number of benzene rings is 3. The van der Waals surface area contributed by atoms with Crippen molar-refractivity contribution in [3.63, 3.8) is 0 Å². The first-order valence-corrected chi connectivity index (χ1v) is 9.69. The predicted octanol–water partition coefficient (Wildman–Crippen LogP) is 5.24. The molecule has 0 saturated carbocycles. The van der Waals surface area contributed by atoms with Gasteiger partial charge in [-0.15, -0.1) is 0 Å². The molecule has 2 aliphatic heterocycles. The maximum atomic E-state index is 6.09. The Morgan fingerprint density at radius 3 is 2.10 bits per heavy atom. The van der Waals surface area contributed by atoms with E-state index in [-0.39, 0.29) is 13.6 Å². The van der Waals surface area contributed by atoms with Gasteiger partial charge in [0.1, 0.15) is 11.5 Å². The molecule has 0 atom stereocenters. The van der Waals surface area contributed by atoms with Crippen LogP contribution in [0.25, 0.3) is 0 Å². The lowest BCUT2D eigenvalue weighted by molar-refractivity contribution is 0.173. The molecule has 0 radical (unpaired) electrons. The van der Waals surface area contributed by atoms with Gasteiger partial charge < -0.3 is 28.4 Å². The first kappa shape index (κ1) is 18.9. The summed E-state index contributed by atoms with van der Waals surface area (Å²) in [4.78, 5) is 4.65. The molecule has 0 amide bonds. The van der Waals surface area contributed by atoms with E-state index in [1.807, 2.05) is 49.4 Å². The molecule has 0 aliphatic carbocycles. The minimum absolute atomic E-state index is 0.200. The zero-order valence-corrected chi connectivity index (χ0v) is 16.7. The van der Waals surface area contributed by atoms with Crippen molar-refractivity contribution in [2.24, 2.45) is 4.99 Å². The smallest absolute Gasteiger partial charge is 0.231 e. The number of para-hydroxylation sites is 1. The van der Waals surface area contributed by atoms with Crippen molar-refractivity contribution in [3.8, 4) is 34.5 Å². The third kappa shape index (κ3) is 4.25. The van der Waals surface area contributed by atoms with E-state index in [2.05, 4.69) is 4.99 Å². The molecule has 7 nitrogen and oxygen atoms in total. The van der Waals surface area contributed by atoms with E-state index >= 15 is 0 Å². The van der Waals surface area contributed by atoms with E-state index in [4.69, 9.17) is 28.4 Å². The molecule has 3 aromatic rings. The standard InChI is InChI=1S/C24H19NO6/c1-16(13-26-18-7-9-20-22(11-18)29-14-27-20)24(25-17-5-3-2-4-6-17)31-19-8-10-21-23(12-19)30-15-28-21/h2-13H,14-15H2,1H3/b16-13?,25-24+. The minimum atomic E-state index is 0.200. The quantitative estimate of drug-likeness (QED) is 0.321. The average molecular weight is 417 g/mol. The highest BCUT2D eigenvalue weighted by molar-refractivity contribution is 5.96. The molecule has 7 heteroatoms. The lowest BCUT2D eigenvalue weighted by Crippen LogP contribution is -2.11. The van der Waals surface area contributed by atoms with Crippen LogP contribution in [-0.4, -0.2) is 19.5 Å². The van der Waals surface area contributed by atoms with Crippen LogP contribution in [0.5, 0.6) is 34.5 Å². The Hall–Kier alpha value is -4.13. The van der Waals surface area contributed by atoms with E-state index in [1.165, 1.54) is 0 Å². The highest BCUT2D eigenvalue weighted by atomic mass is 16.7. The van der Waals surface area contributed by atoms with Crippen molar-refractivity contribution in [1.82, 2.24) is 0 Å². The van der Waals surface area contributed by atoms with Crippen LogP contribution in [0.15, 0.2) is 83.6 Å². The van der Waals surface area contributed by atoms with Gasteiger partial charge in [-0.1, -0.05) is 18.2 Å². The first-order valence-electron chi connectivity index (χ1n) is 9.69. The maximum absolute atomic E-state index is 6.09. The van der Waals surface area contributed by atoms with Crippen LogP contribution in [0, 0.1) is 0 Å². The van der Waals surface area contributed by atoms with Crippen molar-refractivity contribution in [3.05, 3.63) is 78.6 Å². The molecule has 0 saturated heterocycles. The Morgan fingerprint density at radius 1 is 0.774 bits per heavy atom. The Kier molecular flexibility index (Phi) is 5.06. The van der Waals surface area contributed by atoms with Gasteiger partial charge in [-0.25, -0.2) is 4.99 Å². The largest absolute Gasteiger partial charge is 0.464 e. The molecule has 0 spiro atoms. The summed E-state index contributed by atoms with van der Waals surface area (Å²) in [6.07, 6.45) is 1.59. The van der Waals surface area contributed by atoms with Crippen LogP contribution in [0.3, 0.4) is 0 Å². The summed E-state index contributed by atoms with van der Waals surface area (Å²) in [6.45, 7) is 2.28. The summed E-state index contributed by atoms with van der Waals surface area (Å²) >= 11 is 0. The number of nitrogens with zero attached hydrogens (tertiary/aromatic N) is 1. The van der Waals surface area contributed by atoms with Crippen molar-refractivity contribution >= 4 is 11.6 Å². The summed E-state index contributed by atoms with van der Waals surface area (Å²) in [6, 6.07) is 20.3. The number of rotatable bonds is 5. The maximum Gasteiger partial charge on any atom is 0.231 e. The zero-order chi connectivity index (χ0) is 21.0. The van der Waals surface area contributed by atoms with Crippen LogP contribution in [0.1, 0.15) is 6.92 Å². The second kappa shape index (κ2) is 8.31. The molecule has 2 heterocycles. The second-order valence-electron chi connectivity index (χ2n) is 6.80. The van der Waals surface area contributed by atoms with Gasteiger partial charge >= 0.3 is 0 Å². The Labute approximate surface area is 179 Å². The van der Waals surface area contributed by atoms with Crippen molar-refractivity contribution in [1.29, 1.82) is 0 Å². The van der Waals surface area contributed by atoms with Gasteiger partial charge in [0.05, 0.1) is 11.9 Å². The SMILES string of the molecule is CC(=COc1ccc2c(c1)OCO2)/C(=N\c1ccccc1)Oc1ccc2c(c1)OCO2. The molecule has 0 fully saturated rings. The van der Waals surface area contributed by atoms with Gasteiger partial charge in [0.15, 0.2) is 23.0 Å². The summed E-state index contributed by atoms with van der Waals surface area (Å²) < 4.78 is 33.4. The summed E-state index contributed by atoms with van der Waals surface area (Å²) in [5, 5.41) is 0. The molecule has 156 valence electrons. The van der Waals surface area contributed by atoms with Gasteiger partial charge in [-0.2, -0.15) is 0 Å². The van der Waals surface area contributed by atoms with Gasteiger partial charge in [0.2, 0.25) is 19.5 Å². The van der Waals surface area contributed by atoms with Gasteiger partial charge in [-0.05, 0) is 43.3 Å². The molecule has 2 aliphatic rings. The lowest BCUT2D eigenvalue weighted by atomic mass is 10.2. The average Bonchev–Trinajstić information content (AvgIpc) is 3.46. The van der Waals surface area contributed by atoms with Gasteiger partial charge in [0.25, 0.3) is 0 Å². The first-order chi connectivity index (χ1) is 15.2. The highest BCUT2D eigenvalue weighted by Crippen LogP contribution is 2.36. The highest BCUT2D eigenvalue weighted by Gasteiger charge is 2.16. The Balaban J connectivity index is 1.40. The minimum Gasteiger partial charge on any atom is -0.464 e. The molecule has 0 unspecified atom stereocenters. The topological polar surface area (TPSA) is 67.7 Å². The summed E-state index contributed by atoms with van der Waals surface area (Å²) in [7, 11) is 0. The van der Waals surface area contributed by atoms with Gasteiger partial charge in [-0.3, -0.25) is 0 Å².